The van der Waals surface area contributed by atoms with E-state index in [1.807, 2.05) is 32.9 Å². The second kappa shape index (κ2) is 8.28. The van der Waals surface area contributed by atoms with E-state index in [0.717, 1.165) is 35.9 Å². The predicted molar refractivity (Wildman–Crippen MR) is 96.8 cm³/mol. The maximum atomic E-state index is 12.0. The number of thioether (sulfide) groups is 1. The van der Waals surface area contributed by atoms with Crippen molar-refractivity contribution in [1.82, 2.24) is 25.1 Å². The van der Waals surface area contributed by atoms with E-state index < -0.39 is 0 Å². The molecule has 7 heteroatoms. The van der Waals surface area contributed by atoms with Gasteiger partial charge < -0.3 is 9.88 Å². The van der Waals surface area contributed by atoms with Gasteiger partial charge in [0.1, 0.15) is 0 Å². The molecular weight excluding hydrogens is 322 g/mol. The molecule has 2 aromatic heterocycles. The smallest absolute Gasteiger partial charge is 0.230 e. The van der Waals surface area contributed by atoms with E-state index in [0.29, 0.717) is 5.75 Å². The fourth-order valence-electron chi connectivity index (χ4n) is 2.21. The van der Waals surface area contributed by atoms with Gasteiger partial charge in [-0.05, 0) is 39.3 Å². The summed E-state index contributed by atoms with van der Waals surface area (Å²) in [6.07, 6.45) is 5.62. The Kier molecular flexibility index (Phi) is 6.36. The van der Waals surface area contributed by atoms with Crippen molar-refractivity contribution >= 4 is 17.7 Å². The number of amides is 1. The number of carbonyl (C=O) groups is 1. The zero-order valence-corrected chi connectivity index (χ0v) is 15.6. The zero-order valence-electron chi connectivity index (χ0n) is 14.7. The molecule has 1 amide bonds. The Balaban J connectivity index is 2.15. The Morgan fingerprint density at radius 1 is 1.25 bits per heavy atom. The molecule has 0 unspecified atom stereocenters. The molecule has 24 heavy (non-hydrogen) atoms. The largest absolute Gasteiger partial charge is 0.351 e. The van der Waals surface area contributed by atoms with Gasteiger partial charge in [0.25, 0.3) is 0 Å². The summed E-state index contributed by atoms with van der Waals surface area (Å²) in [7, 11) is 0. The molecule has 0 radical (unpaired) electrons. The molecule has 1 N–H and O–H groups in total. The number of unbranched alkanes of at least 4 members (excludes halogenated alkanes) is 1. The van der Waals surface area contributed by atoms with Crippen molar-refractivity contribution in [2.45, 2.75) is 57.8 Å². The average molecular weight is 347 g/mol. The first-order chi connectivity index (χ1) is 11.4. The summed E-state index contributed by atoms with van der Waals surface area (Å²) >= 11 is 1.42. The molecule has 0 aromatic carbocycles. The Bertz CT molecular complexity index is 663. The van der Waals surface area contributed by atoms with Gasteiger partial charge in [-0.1, -0.05) is 25.1 Å². The summed E-state index contributed by atoms with van der Waals surface area (Å²) in [5.74, 6) is 1.16. The molecular formula is C17H25N5OS. The van der Waals surface area contributed by atoms with Gasteiger partial charge in [-0.15, -0.1) is 10.2 Å². The quantitative estimate of drug-likeness (QED) is 0.779. The molecule has 0 saturated heterocycles. The number of nitrogens with zero attached hydrogens (tertiary/aromatic N) is 4. The van der Waals surface area contributed by atoms with Crippen molar-refractivity contribution < 1.29 is 4.79 Å². The summed E-state index contributed by atoms with van der Waals surface area (Å²) in [5.41, 5.74) is 0.759. The van der Waals surface area contributed by atoms with E-state index >= 15 is 0 Å². The van der Waals surface area contributed by atoms with Gasteiger partial charge in [0, 0.05) is 30.0 Å². The molecule has 0 aliphatic rings. The van der Waals surface area contributed by atoms with Crippen LogP contribution in [-0.4, -0.2) is 36.9 Å². The van der Waals surface area contributed by atoms with Crippen LogP contribution >= 0.6 is 11.8 Å². The van der Waals surface area contributed by atoms with Crippen LogP contribution in [0.5, 0.6) is 0 Å². The number of hydrogen-bond donors (Lipinski definition) is 1. The fraction of sp³-hybridized carbons (Fsp3) is 0.529. The molecule has 2 aromatic rings. The molecule has 130 valence electrons. The molecule has 2 heterocycles. The minimum atomic E-state index is -0.226. The SMILES string of the molecule is CCCCn1c(SCC(=O)NC(C)(C)C)nnc1-c1ccncc1. The molecule has 0 atom stereocenters. The molecule has 2 rings (SSSR count). The van der Waals surface area contributed by atoms with Crippen LogP contribution in [0, 0.1) is 0 Å². The molecule has 0 aliphatic heterocycles. The number of hydrogen-bond acceptors (Lipinski definition) is 5. The van der Waals surface area contributed by atoms with E-state index in [4.69, 9.17) is 0 Å². The van der Waals surface area contributed by atoms with Crippen LogP contribution in [0.25, 0.3) is 11.4 Å². The maximum Gasteiger partial charge on any atom is 0.230 e. The second-order valence-electron chi connectivity index (χ2n) is 6.63. The summed E-state index contributed by atoms with van der Waals surface area (Å²) in [6, 6.07) is 3.85. The maximum absolute atomic E-state index is 12.0. The standard InChI is InChI=1S/C17H25N5OS/c1-5-6-11-22-15(13-7-9-18-10-8-13)20-21-16(22)24-12-14(23)19-17(2,3)4/h7-10H,5-6,11-12H2,1-4H3,(H,19,23). The monoisotopic (exact) mass is 347 g/mol. The van der Waals surface area contributed by atoms with E-state index in [1.54, 1.807) is 12.4 Å². The lowest BCUT2D eigenvalue weighted by Crippen LogP contribution is -2.41. The normalized spacial score (nSPS) is 11.5. The predicted octanol–water partition coefficient (Wildman–Crippen LogP) is 3.15. The second-order valence-corrected chi connectivity index (χ2v) is 7.58. The summed E-state index contributed by atoms with van der Waals surface area (Å²) in [5, 5.41) is 12.4. The average Bonchev–Trinajstić information content (AvgIpc) is 2.93. The molecule has 6 nitrogen and oxygen atoms in total. The van der Waals surface area contributed by atoms with Crippen molar-refractivity contribution in [1.29, 1.82) is 0 Å². The van der Waals surface area contributed by atoms with Crippen molar-refractivity contribution in [3.8, 4) is 11.4 Å². The number of pyridine rings is 1. The van der Waals surface area contributed by atoms with Crippen molar-refractivity contribution in [3.05, 3.63) is 24.5 Å². The Labute approximate surface area is 147 Å². The first-order valence-corrected chi connectivity index (χ1v) is 9.16. The summed E-state index contributed by atoms with van der Waals surface area (Å²) < 4.78 is 2.09. The first-order valence-electron chi connectivity index (χ1n) is 8.18. The van der Waals surface area contributed by atoms with E-state index in [9.17, 15) is 4.79 Å². The number of carbonyl (C=O) groups excluding carboxylic acids is 1. The minimum Gasteiger partial charge on any atom is -0.351 e. The first kappa shape index (κ1) is 18.4. The highest BCUT2D eigenvalue weighted by molar-refractivity contribution is 7.99. The van der Waals surface area contributed by atoms with Crippen molar-refractivity contribution in [3.63, 3.8) is 0 Å². The molecule has 0 fully saturated rings. The third-order valence-electron chi connectivity index (χ3n) is 3.24. The lowest BCUT2D eigenvalue weighted by molar-refractivity contribution is -0.119. The highest BCUT2D eigenvalue weighted by atomic mass is 32.2. The zero-order chi connectivity index (χ0) is 17.6. The Hall–Kier alpha value is -1.89. The lowest BCUT2D eigenvalue weighted by atomic mass is 10.1. The van der Waals surface area contributed by atoms with Gasteiger partial charge >= 0.3 is 0 Å². The molecule has 0 spiro atoms. The van der Waals surface area contributed by atoms with Gasteiger partial charge in [0.2, 0.25) is 5.91 Å². The van der Waals surface area contributed by atoms with Gasteiger partial charge in [-0.2, -0.15) is 0 Å². The van der Waals surface area contributed by atoms with Gasteiger partial charge in [-0.3, -0.25) is 9.78 Å². The van der Waals surface area contributed by atoms with Crippen LogP contribution < -0.4 is 5.32 Å². The highest BCUT2D eigenvalue weighted by Gasteiger charge is 2.17. The van der Waals surface area contributed by atoms with Crippen LogP contribution in [-0.2, 0) is 11.3 Å². The number of aromatic nitrogens is 4. The highest BCUT2D eigenvalue weighted by Crippen LogP contribution is 2.24. The molecule has 0 saturated carbocycles. The van der Waals surface area contributed by atoms with Gasteiger partial charge in [-0.25, -0.2) is 0 Å². The fourth-order valence-corrected chi connectivity index (χ4v) is 2.98. The number of rotatable bonds is 7. The number of nitrogens with one attached hydrogen (secondary N) is 1. The Morgan fingerprint density at radius 2 is 1.96 bits per heavy atom. The van der Waals surface area contributed by atoms with Crippen molar-refractivity contribution in [2.75, 3.05) is 5.75 Å². The van der Waals surface area contributed by atoms with Crippen LogP contribution in [0.15, 0.2) is 29.7 Å². The van der Waals surface area contributed by atoms with Crippen molar-refractivity contribution in [2.24, 2.45) is 0 Å². The van der Waals surface area contributed by atoms with E-state index in [2.05, 4.69) is 32.0 Å². The van der Waals surface area contributed by atoms with Crippen LogP contribution in [0.1, 0.15) is 40.5 Å². The van der Waals surface area contributed by atoms with E-state index in [-0.39, 0.29) is 11.4 Å². The third-order valence-corrected chi connectivity index (χ3v) is 4.20. The lowest BCUT2D eigenvalue weighted by Gasteiger charge is -2.20. The summed E-state index contributed by atoms with van der Waals surface area (Å²) in [4.78, 5) is 16.1. The summed E-state index contributed by atoms with van der Waals surface area (Å²) in [6.45, 7) is 8.91. The Morgan fingerprint density at radius 3 is 2.58 bits per heavy atom. The molecule has 0 bridgehead atoms. The minimum absolute atomic E-state index is 0.00278. The van der Waals surface area contributed by atoms with Crippen LogP contribution in [0.4, 0.5) is 0 Å². The van der Waals surface area contributed by atoms with Crippen LogP contribution in [0.3, 0.4) is 0 Å². The van der Waals surface area contributed by atoms with Crippen LogP contribution in [0.2, 0.25) is 0 Å². The third kappa shape index (κ3) is 5.33. The van der Waals surface area contributed by atoms with Gasteiger partial charge in [0.15, 0.2) is 11.0 Å². The van der Waals surface area contributed by atoms with Gasteiger partial charge in [0.05, 0.1) is 5.75 Å². The topological polar surface area (TPSA) is 72.7 Å². The van der Waals surface area contributed by atoms with E-state index in [1.165, 1.54) is 11.8 Å². The molecule has 0 aliphatic carbocycles.